The second kappa shape index (κ2) is 5.79. The molecule has 2 amide bonds. The van der Waals surface area contributed by atoms with E-state index in [0.29, 0.717) is 19.4 Å². The van der Waals surface area contributed by atoms with Gasteiger partial charge in [-0.25, -0.2) is 0 Å². The summed E-state index contributed by atoms with van der Waals surface area (Å²) in [5.74, 6) is -0.274. The molecule has 0 aliphatic carbocycles. The largest absolute Gasteiger partial charge is 0.368 e. The van der Waals surface area contributed by atoms with E-state index in [4.69, 9.17) is 5.73 Å². The first-order valence-corrected chi connectivity index (χ1v) is 7.67. The summed E-state index contributed by atoms with van der Waals surface area (Å²) in [5, 5.41) is 2.36. The van der Waals surface area contributed by atoms with Crippen LogP contribution in [0.25, 0.3) is 10.8 Å². The maximum absolute atomic E-state index is 12.2. The van der Waals surface area contributed by atoms with Gasteiger partial charge in [-0.3, -0.25) is 9.59 Å². The highest BCUT2D eigenvalue weighted by Crippen LogP contribution is 2.31. The van der Waals surface area contributed by atoms with E-state index >= 15 is 0 Å². The van der Waals surface area contributed by atoms with Gasteiger partial charge in [0.2, 0.25) is 11.8 Å². The molecule has 0 aromatic heterocycles. The maximum Gasteiger partial charge on any atom is 0.240 e. The van der Waals surface area contributed by atoms with Gasteiger partial charge in [-0.05, 0) is 22.8 Å². The fraction of sp³-hybridized carbons (Fsp3) is 0.333. The number of hydrogen-bond acceptors (Lipinski definition) is 2. The minimum absolute atomic E-state index is 0.0174. The number of carbonyl (C=O) groups excluding carboxylic acids is 2. The lowest BCUT2D eigenvalue weighted by Crippen LogP contribution is -2.45. The standard InChI is InChI=1S/C18H20N2O2/c1-2-16(18(19)22)20-11-15(10-17(20)21)14-8-7-12-5-3-4-6-13(12)9-14/h3-9,15-16H,2,10-11H2,1H3,(H2,19,22). The van der Waals surface area contributed by atoms with Crippen molar-refractivity contribution in [3.8, 4) is 0 Å². The van der Waals surface area contributed by atoms with E-state index in [0.717, 1.165) is 5.56 Å². The summed E-state index contributed by atoms with van der Waals surface area (Å²) in [5.41, 5.74) is 6.56. The Morgan fingerprint density at radius 3 is 2.68 bits per heavy atom. The Balaban J connectivity index is 1.86. The molecule has 2 aromatic rings. The van der Waals surface area contributed by atoms with Crippen LogP contribution < -0.4 is 5.73 Å². The van der Waals surface area contributed by atoms with Crippen LogP contribution in [0.5, 0.6) is 0 Å². The van der Waals surface area contributed by atoms with Gasteiger partial charge in [0, 0.05) is 18.9 Å². The zero-order valence-electron chi connectivity index (χ0n) is 12.7. The van der Waals surface area contributed by atoms with Crippen LogP contribution >= 0.6 is 0 Å². The first-order chi connectivity index (χ1) is 10.6. The molecule has 114 valence electrons. The zero-order valence-corrected chi connectivity index (χ0v) is 12.7. The lowest BCUT2D eigenvalue weighted by atomic mass is 9.95. The Hall–Kier alpha value is -2.36. The smallest absolute Gasteiger partial charge is 0.240 e. The lowest BCUT2D eigenvalue weighted by molar-refractivity contribution is -0.136. The van der Waals surface area contributed by atoms with Gasteiger partial charge in [0.15, 0.2) is 0 Å². The van der Waals surface area contributed by atoms with Gasteiger partial charge in [-0.1, -0.05) is 49.4 Å². The molecule has 2 unspecified atom stereocenters. The molecule has 2 aromatic carbocycles. The van der Waals surface area contributed by atoms with E-state index in [9.17, 15) is 9.59 Å². The molecule has 1 heterocycles. The summed E-state index contributed by atoms with van der Waals surface area (Å²) in [6, 6.07) is 14.0. The molecule has 22 heavy (non-hydrogen) atoms. The summed E-state index contributed by atoms with van der Waals surface area (Å²) in [7, 11) is 0. The van der Waals surface area contributed by atoms with E-state index in [1.54, 1.807) is 4.90 Å². The molecule has 0 saturated carbocycles. The van der Waals surface area contributed by atoms with Crippen molar-refractivity contribution < 1.29 is 9.59 Å². The normalized spacial score (nSPS) is 19.6. The number of fused-ring (bicyclic) bond motifs is 1. The SMILES string of the molecule is CCC(C(N)=O)N1CC(c2ccc3ccccc3c2)CC1=O. The highest BCUT2D eigenvalue weighted by Gasteiger charge is 2.36. The maximum atomic E-state index is 12.2. The quantitative estimate of drug-likeness (QED) is 0.941. The molecule has 2 atom stereocenters. The van der Waals surface area contributed by atoms with Crippen LogP contribution in [0.15, 0.2) is 42.5 Å². The van der Waals surface area contributed by atoms with Crippen LogP contribution in [0.1, 0.15) is 31.2 Å². The van der Waals surface area contributed by atoms with Crippen LogP contribution in [0.3, 0.4) is 0 Å². The van der Waals surface area contributed by atoms with Crippen molar-refractivity contribution in [2.75, 3.05) is 6.54 Å². The van der Waals surface area contributed by atoms with Crippen molar-refractivity contribution in [3.05, 3.63) is 48.0 Å². The summed E-state index contributed by atoms with van der Waals surface area (Å²) in [6.07, 6.45) is 1.01. The van der Waals surface area contributed by atoms with Crippen molar-refractivity contribution >= 4 is 22.6 Å². The van der Waals surface area contributed by atoms with E-state index in [1.807, 2.05) is 19.1 Å². The number of amides is 2. The molecule has 3 rings (SSSR count). The first kappa shape index (κ1) is 14.6. The molecule has 4 heteroatoms. The van der Waals surface area contributed by atoms with Crippen LogP contribution in [0.4, 0.5) is 0 Å². The first-order valence-electron chi connectivity index (χ1n) is 7.67. The number of carbonyl (C=O) groups is 2. The second-order valence-corrected chi connectivity index (χ2v) is 5.88. The minimum Gasteiger partial charge on any atom is -0.368 e. The van der Waals surface area contributed by atoms with E-state index in [-0.39, 0.29) is 11.8 Å². The van der Waals surface area contributed by atoms with Crippen molar-refractivity contribution in [2.24, 2.45) is 5.73 Å². The Kier molecular flexibility index (Phi) is 3.84. The van der Waals surface area contributed by atoms with Gasteiger partial charge in [-0.15, -0.1) is 0 Å². The van der Waals surface area contributed by atoms with Crippen LogP contribution in [0.2, 0.25) is 0 Å². The van der Waals surface area contributed by atoms with Gasteiger partial charge in [0.1, 0.15) is 6.04 Å². The highest BCUT2D eigenvalue weighted by molar-refractivity contribution is 5.89. The van der Waals surface area contributed by atoms with Crippen molar-refractivity contribution in [2.45, 2.75) is 31.7 Å². The molecule has 1 fully saturated rings. The number of likely N-dealkylation sites (tertiary alicyclic amines) is 1. The Bertz CT molecular complexity index is 726. The predicted octanol–water partition coefficient (Wildman–Crippen LogP) is 2.42. The average molecular weight is 296 g/mol. The number of benzene rings is 2. The molecular weight excluding hydrogens is 276 g/mol. The Morgan fingerprint density at radius 1 is 1.27 bits per heavy atom. The van der Waals surface area contributed by atoms with Gasteiger partial charge in [0.05, 0.1) is 0 Å². The molecular formula is C18H20N2O2. The van der Waals surface area contributed by atoms with Crippen molar-refractivity contribution in [3.63, 3.8) is 0 Å². The monoisotopic (exact) mass is 296 g/mol. The molecule has 1 aliphatic heterocycles. The number of rotatable bonds is 4. The topological polar surface area (TPSA) is 63.4 Å². The van der Waals surface area contributed by atoms with Gasteiger partial charge in [0.25, 0.3) is 0 Å². The molecule has 1 aliphatic rings. The fourth-order valence-electron chi connectivity index (χ4n) is 3.29. The molecule has 1 saturated heterocycles. The molecule has 4 nitrogen and oxygen atoms in total. The predicted molar refractivity (Wildman–Crippen MR) is 86.3 cm³/mol. The van der Waals surface area contributed by atoms with Crippen LogP contribution in [-0.2, 0) is 9.59 Å². The zero-order chi connectivity index (χ0) is 15.7. The van der Waals surface area contributed by atoms with Gasteiger partial charge >= 0.3 is 0 Å². The number of primary amides is 1. The number of nitrogens with zero attached hydrogens (tertiary/aromatic N) is 1. The number of hydrogen-bond donors (Lipinski definition) is 1. The fourth-order valence-corrected chi connectivity index (χ4v) is 3.29. The third-order valence-corrected chi connectivity index (χ3v) is 4.49. The molecule has 2 N–H and O–H groups in total. The van der Waals surface area contributed by atoms with Crippen LogP contribution in [-0.4, -0.2) is 29.3 Å². The highest BCUT2D eigenvalue weighted by atomic mass is 16.2. The summed E-state index contributed by atoms with van der Waals surface area (Å²) in [6.45, 7) is 2.45. The Labute approximate surface area is 129 Å². The third-order valence-electron chi connectivity index (χ3n) is 4.49. The summed E-state index contributed by atoms with van der Waals surface area (Å²) >= 11 is 0. The lowest BCUT2D eigenvalue weighted by Gasteiger charge is -2.24. The van der Waals surface area contributed by atoms with E-state index in [2.05, 4.69) is 30.3 Å². The summed E-state index contributed by atoms with van der Waals surface area (Å²) in [4.78, 5) is 25.4. The second-order valence-electron chi connectivity index (χ2n) is 5.88. The number of nitrogens with two attached hydrogens (primary N) is 1. The van der Waals surface area contributed by atoms with Crippen molar-refractivity contribution in [1.29, 1.82) is 0 Å². The molecule has 0 radical (unpaired) electrons. The van der Waals surface area contributed by atoms with Crippen LogP contribution in [0, 0.1) is 0 Å². The molecule has 0 spiro atoms. The van der Waals surface area contributed by atoms with Crippen molar-refractivity contribution in [1.82, 2.24) is 4.90 Å². The van der Waals surface area contributed by atoms with Gasteiger partial charge < -0.3 is 10.6 Å². The third kappa shape index (κ3) is 2.56. The minimum atomic E-state index is -0.488. The van der Waals surface area contributed by atoms with E-state index < -0.39 is 11.9 Å². The average Bonchev–Trinajstić information content (AvgIpc) is 2.89. The van der Waals surface area contributed by atoms with Gasteiger partial charge in [-0.2, -0.15) is 0 Å². The van der Waals surface area contributed by atoms with E-state index in [1.165, 1.54) is 10.8 Å². The Morgan fingerprint density at radius 2 is 2.00 bits per heavy atom. The summed E-state index contributed by atoms with van der Waals surface area (Å²) < 4.78 is 0. The molecule has 0 bridgehead atoms.